The second kappa shape index (κ2) is 6.86. The molecule has 142 valence electrons. The third kappa shape index (κ3) is 3.31. The Labute approximate surface area is 167 Å². The summed E-state index contributed by atoms with van der Waals surface area (Å²) in [6.45, 7) is 10.8. The number of aliphatic hydroxyl groups is 1. The quantitative estimate of drug-likeness (QED) is 0.651. The van der Waals surface area contributed by atoms with E-state index in [-0.39, 0.29) is 0 Å². The number of aliphatic hydroxyl groups excluding tert-OH is 1. The van der Waals surface area contributed by atoms with Crippen molar-refractivity contribution in [2.75, 3.05) is 0 Å². The van der Waals surface area contributed by atoms with E-state index < -0.39 is 17.8 Å². The molecule has 28 heavy (non-hydrogen) atoms. The minimum atomic E-state index is -0.943. The molecule has 2 heterocycles. The highest BCUT2D eigenvalue weighted by Crippen LogP contribution is 2.43. The molecule has 6 nitrogen and oxygen atoms in total. The summed E-state index contributed by atoms with van der Waals surface area (Å²) in [5, 5.41) is 15.9. The summed E-state index contributed by atoms with van der Waals surface area (Å²) < 4.78 is 13.6. The third-order valence-electron chi connectivity index (χ3n) is 4.70. The SMILES string of the molecule is [C-]#[N+]c1ccc2c(c1)[C@@H](Oc1ccn(-c3ccc(Cl)cc3)n1)[C@H](O)C(C)(C)O2. The standard InChI is InChI=1S/C21H18ClN3O3/c1-21(2)20(26)19(16-12-14(23-3)6-9-17(16)28-21)27-18-10-11-25(24-18)15-7-4-13(22)5-8-15/h4-12,19-20,26H,1-2H3/t19-,20+/m1/s1. The Hall–Kier alpha value is -3.01. The van der Waals surface area contributed by atoms with E-state index >= 15 is 0 Å². The maximum atomic E-state index is 10.8. The number of nitrogens with zero attached hydrogens (tertiary/aromatic N) is 3. The van der Waals surface area contributed by atoms with E-state index in [0.29, 0.717) is 27.9 Å². The molecule has 3 aromatic rings. The molecule has 0 bridgehead atoms. The van der Waals surface area contributed by atoms with E-state index in [4.69, 9.17) is 27.6 Å². The Morgan fingerprint density at radius 3 is 2.68 bits per heavy atom. The Morgan fingerprint density at radius 2 is 1.96 bits per heavy atom. The van der Waals surface area contributed by atoms with Gasteiger partial charge in [-0.15, -0.1) is 5.10 Å². The number of benzene rings is 2. The highest BCUT2D eigenvalue weighted by atomic mass is 35.5. The van der Waals surface area contributed by atoms with Crippen LogP contribution in [0.5, 0.6) is 11.6 Å². The number of rotatable bonds is 3. The van der Waals surface area contributed by atoms with Crippen molar-refractivity contribution in [2.24, 2.45) is 0 Å². The number of hydrogen-bond donors (Lipinski definition) is 1. The van der Waals surface area contributed by atoms with Gasteiger partial charge in [-0.1, -0.05) is 17.7 Å². The van der Waals surface area contributed by atoms with Crippen LogP contribution in [0.1, 0.15) is 25.5 Å². The number of halogens is 1. The minimum Gasteiger partial charge on any atom is -0.485 e. The molecule has 0 saturated carbocycles. The van der Waals surface area contributed by atoms with Gasteiger partial charge in [0.1, 0.15) is 17.5 Å². The molecule has 1 aliphatic rings. The average Bonchev–Trinajstić information content (AvgIpc) is 3.14. The zero-order valence-electron chi connectivity index (χ0n) is 15.3. The van der Waals surface area contributed by atoms with E-state index in [9.17, 15) is 5.11 Å². The van der Waals surface area contributed by atoms with Crippen molar-refractivity contribution in [3.63, 3.8) is 0 Å². The zero-order chi connectivity index (χ0) is 19.9. The van der Waals surface area contributed by atoms with Crippen molar-refractivity contribution in [3.8, 4) is 17.3 Å². The summed E-state index contributed by atoms with van der Waals surface area (Å²) in [6.07, 6.45) is 0.113. The van der Waals surface area contributed by atoms with Gasteiger partial charge >= 0.3 is 0 Å². The highest BCUT2D eigenvalue weighted by molar-refractivity contribution is 6.30. The predicted octanol–water partition coefficient (Wildman–Crippen LogP) is 4.73. The van der Waals surface area contributed by atoms with Crippen molar-refractivity contribution >= 4 is 17.3 Å². The van der Waals surface area contributed by atoms with Crippen LogP contribution >= 0.6 is 11.6 Å². The van der Waals surface area contributed by atoms with Gasteiger partial charge in [-0.25, -0.2) is 9.53 Å². The smallest absolute Gasteiger partial charge is 0.233 e. The number of ether oxygens (including phenoxy) is 2. The van der Waals surface area contributed by atoms with Crippen molar-refractivity contribution in [3.05, 3.63) is 76.7 Å². The molecular formula is C21H18ClN3O3. The average molecular weight is 396 g/mol. The van der Waals surface area contributed by atoms with Crippen LogP contribution in [-0.4, -0.2) is 26.6 Å². The van der Waals surface area contributed by atoms with Gasteiger partial charge in [0.2, 0.25) is 5.88 Å². The molecule has 7 heteroatoms. The van der Waals surface area contributed by atoms with Crippen LogP contribution < -0.4 is 9.47 Å². The fourth-order valence-corrected chi connectivity index (χ4v) is 3.29. The van der Waals surface area contributed by atoms with Crippen molar-refractivity contribution < 1.29 is 14.6 Å². The largest absolute Gasteiger partial charge is 0.485 e. The monoisotopic (exact) mass is 395 g/mol. The lowest BCUT2D eigenvalue weighted by Crippen LogP contribution is -2.50. The summed E-state index contributed by atoms with van der Waals surface area (Å²) in [5.74, 6) is 0.945. The first kappa shape index (κ1) is 18.4. The summed E-state index contributed by atoms with van der Waals surface area (Å²) in [6, 6.07) is 14.1. The van der Waals surface area contributed by atoms with Crippen molar-refractivity contribution in [1.82, 2.24) is 9.78 Å². The van der Waals surface area contributed by atoms with Crippen LogP contribution in [0.4, 0.5) is 5.69 Å². The normalized spacial score (nSPS) is 20.0. The number of hydrogen-bond acceptors (Lipinski definition) is 4. The molecule has 0 unspecified atom stereocenters. The van der Waals surface area contributed by atoms with Crippen LogP contribution in [0.25, 0.3) is 10.5 Å². The number of aromatic nitrogens is 2. The Kier molecular flexibility index (Phi) is 4.50. The second-order valence-electron chi connectivity index (χ2n) is 7.10. The highest BCUT2D eigenvalue weighted by Gasteiger charge is 2.44. The maximum absolute atomic E-state index is 10.8. The summed E-state index contributed by atoms with van der Waals surface area (Å²) in [7, 11) is 0. The molecule has 0 saturated heterocycles. The lowest BCUT2D eigenvalue weighted by atomic mass is 9.88. The molecule has 0 amide bonds. The first-order valence-corrected chi connectivity index (χ1v) is 9.12. The lowest BCUT2D eigenvalue weighted by molar-refractivity contribution is -0.104. The Morgan fingerprint density at radius 1 is 1.21 bits per heavy atom. The first-order chi connectivity index (χ1) is 13.4. The molecule has 1 aliphatic heterocycles. The molecule has 0 spiro atoms. The molecule has 1 N–H and O–H groups in total. The van der Waals surface area contributed by atoms with Crippen LogP contribution in [0.2, 0.25) is 5.02 Å². The van der Waals surface area contributed by atoms with E-state index in [2.05, 4.69) is 9.94 Å². The van der Waals surface area contributed by atoms with Gasteiger partial charge in [0.25, 0.3) is 0 Å². The van der Waals surface area contributed by atoms with Crippen molar-refractivity contribution in [1.29, 1.82) is 0 Å². The molecule has 0 fully saturated rings. The number of fused-ring (bicyclic) bond motifs is 1. The molecule has 0 radical (unpaired) electrons. The van der Waals surface area contributed by atoms with E-state index in [1.54, 1.807) is 61.1 Å². The molecule has 2 aromatic carbocycles. The van der Waals surface area contributed by atoms with E-state index in [1.807, 2.05) is 12.1 Å². The van der Waals surface area contributed by atoms with Crippen LogP contribution in [0, 0.1) is 6.57 Å². The molecule has 2 atom stereocenters. The molecule has 0 aliphatic carbocycles. The topological polar surface area (TPSA) is 60.9 Å². The fraction of sp³-hybridized carbons (Fsp3) is 0.238. The van der Waals surface area contributed by atoms with Crippen LogP contribution in [0.15, 0.2) is 54.7 Å². The first-order valence-electron chi connectivity index (χ1n) is 8.74. The Balaban J connectivity index is 1.67. The van der Waals surface area contributed by atoms with E-state index in [1.165, 1.54) is 0 Å². The third-order valence-corrected chi connectivity index (χ3v) is 4.96. The minimum absolute atomic E-state index is 0.357. The van der Waals surface area contributed by atoms with Gasteiger partial charge in [0, 0.05) is 22.8 Å². The van der Waals surface area contributed by atoms with Gasteiger partial charge in [-0.2, -0.15) is 0 Å². The van der Waals surface area contributed by atoms with Crippen LogP contribution in [0.3, 0.4) is 0 Å². The van der Waals surface area contributed by atoms with Gasteiger partial charge in [-0.3, -0.25) is 0 Å². The Bertz CT molecular complexity index is 1050. The maximum Gasteiger partial charge on any atom is 0.233 e. The molecule has 1 aromatic heterocycles. The summed E-state index contributed by atoms with van der Waals surface area (Å²) >= 11 is 5.93. The summed E-state index contributed by atoms with van der Waals surface area (Å²) in [5.41, 5.74) is 1.06. The molecule has 4 rings (SSSR count). The predicted molar refractivity (Wildman–Crippen MR) is 105 cm³/mol. The van der Waals surface area contributed by atoms with Crippen molar-refractivity contribution in [2.45, 2.75) is 31.7 Å². The zero-order valence-corrected chi connectivity index (χ0v) is 16.1. The van der Waals surface area contributed by atoms with Gasteiger partial charge in [0.05, 0.1) is 12.3 Å². The van der Waals surface area contributed by atoms with Gasteiger partial charge in [-0.05, 0) is 50.2 Å². The second-order valence-corrected chi connectivity index (χ2v) is 7.53. The van der Waals surface area contributed by atoms with Gasteiger partial charge in [0.15, 0.2) is 11.8 Å². The van der Waals surface area contributed by atoms with E-state index in [0.717, 1.165) is 5.69 Å². The summed E-state index contributed by atoms with van der Waals surface area (Å²) in [4.78, 5) is 3.46. The van der Waals surface area contributed by atoms with Crippen LogP contribution in [-0.2, 0) is 0 Å². The lowest BCUT2D eigenvalue weighted by Gasteiger charge is -2.41. The van der Waals surface area contributed by atoms with Gasteiger partial charge < -0.3 is 14.6 Å². The fourth-order valence-electron chi connectivity index (χ4n) is 3.16. The molecular weight excluding hydrogens is 378 g/mol.